The molecule has 24 heavy (non-hydrogen) atoms. The lowest BCUT2D eigenvalue weighted by Gasteiger charge is -2.42. The van der Waals surface area contributed by atoms with Crippen LogP contribution in [-0.2, 0) is 4.79 Å². The van der Waals surface area contributed by atoms with E-state index in [1.807, 2.05) is 4.90 Å². The molecule has 1 heterocycles. The number of benzene rings is 1. The van der Waals surface area contributed by atoms with Crippen LogP contribution in [0.25, 0.3) is 0 Å². The van der Waals surface area contributed by atoms with Crippen LogP contribution in [0, 0.1) is 11.2 Å². The molecule has 1 fully saturated rings. The Kier molecular flexibility index (Phi) is 7.17. The summed E-state index contributed by atoms with van der Waals surface area (Å²) in [4.78, 5) is 25.9. The first-order valence-electron chi connectivity index (χ1n) is 7.87. The summed E-state index contributed by atoms with van der Waals surface area (Å²) in [6.45, 7) is 5.69. The van der Waals surface area contributed by atoms with Crippen LogP contribution in [0.1, 0.15) is 37.0 Å². The smallest absolute Gasteiger partial charge is 0.251 e. The molecule has 134 valence electrons. The minimum atomic E-state index is -0.386. The molecule has 3 N–H and O–H groups in total. The Labute approximate surface area is 148 Å². The Bertz CT molecular complexity index is 578. The van der Waals surface area contributed by atoms with Crippen molar-refractivity contribution in [1.29, 1.82) is 0 Å². The van der Waals surface area contributed by atoms with E-state index in [-0.39, 0.29) is 54.5 Å². The number of rotatable bonds is 4. The van der Waals surface area contributed by atoms with Crippen LogP contribution >= 0.6 is 12.4 Å². The maximum atomic E-state index is 12.8. The monoisotopic (exact) mass is 357 g/mol. The Morgan fingerprint density at radius 2 is 1.96 bits per heavy atom. The summed E-state index contributed by atoms with van der Waals surface area (Å²) in [7, 11) is 0. The number of carbonyl (C=O) groups is 2. The summed E-state index contributed by atoms with van der Waals surface area (Å²) in [6.07, 6.45) is 1.04. The molecular formula is C17H25ClFN3O2. The van der Waals surface area contributed by atoms with Gasteiger partial charge >= 0.3 is 0 Å². The van der Waals surface area contributed by atoms with Crippen molar-refractivity contribution in [2.75, 3.05) is 19.6 Å². The second-order valence-corrected chi connectivity index (χ2v) is 6.71. The first kappa shape index (κ1) is 20.4. The van der Waals surface area contributed by atoms with Gasteiger partial charge in [-0.15, -0.1) is 12.4 Å². The molecule has 1 unspecified atom stereocenters. The summed E-state index contributed by atoms with van der Waals surface area (Å²) < 4.78 is 12.8. The second kappa shape index (κ2) is 8.44. The molecule has 0 aromatic heterocycles. The third-order valence-corrected chi connectivity index (χ3v) is 4.40. The molecule has 1 aliphatic rings. The number of piperidine rings is 1. The number of amides is 2. The van der Waals surface area contributed by atoms with Gasteiger partial charge in [0.25, 0.3) is 5.91 Å². The molecule has 0 radical (unpaired) electrons. The number of nitrogens with zero attached hydrogens (tertiary/aromatic N) is 1. The number of hydrogen-bond donors (Lipinski definition) is 2. The highest BCUT2D eigenvalue weighted by atomic mass is 35.5. The molecule has 0 spiro atoms. The van der Waals surface area contributed by atoms with Gasteiger partial charge in [-0.2, -0.15) is 0 Å². The Hall–Kier alpha value is -1.66. The highest BCUT2D eigenvalue weighted by molar-refractivity contribution is 5.94. The third-order valence-electron chi connectivity index (χ3n) is 4.40. The van der Waals surface area contributed by atoms with Crippen molar-refractivity contribution in [1.82, 2.24) is 10.2 Å². The van der Waals surface area contributed by atoms with Crippen molar-refractivity contribution in [2.45, 2.75) is 32.7 Å². The number of hydrogen-bond acceptors (Lipinski definition) is 3. The number of likely N-dealkylation sites (tertiary alicyclic amines) is 1. The molecular weight excluding hydrogens is 333 g/mol. The van der Waals surface area contributed by atoms with Crippen LogP contribution in [0.5, 0.6) is 0 Å². The van der Waals surface area contributed by atoms with Crippen molar-refractivity contribution < 1.29 is 14.0 Å². The van der Waals surface area contributed by atoms with Gasteiger partial charge in [-0.25, -0.2) is 4.39 Å². The van der Waals surface area contributed by atoms with Crippen molar-refractivity contribution in [3.63, 3.8) is 0 Å². The van der Waals surface area contributed by atoms with Gasteiger partial charge in [0.1, 0.15) is 5.82 Å². The number of nitrogens with two attached hydrogens (primary N) is 1. The maximum absolute atomic E-state index is 12.8. The maximum Gasteiger partial charge on any atom is 0.251 e. The van der Waals surface area contributed by atoms with Gasteiger partial charge in [0, 0.05) is 37.7 Å². The standard InChI is InChI=1S/C17H24FN3O2.ClH/c1-17(2)11-21(10-8-14(17)19)15(22)7-9-20-16(23)12-3-5-13(18)6-4-12;/h3-6,14H,7-11,19H2,1-2H3,(H,20,23);1H. The average Bonchev–Trinajstić information content (AvgIpc) is 2.50. The fourth-order valence-electron chi connectivity index (χ4n) is 2.73. The zero-order valence-corrected chi connectivity index (χ0v) is 14.9. The van der Waals surface area contributed by atoms with E-state index in [2.05, 4.69) is 19.2 Å². The lowest BCUT2D eigenvalue weighted by Crippen LogP contribution is -2.54. The molecule has 5 nitrogen and oxygen atoms in total. The van der Waals surface area contributed by atoms with E-state index < -0.39 is 0 Å². The quantitative estimate of drug-likeness (QED) is 0.864. The van der Waals surface area contributed by atoms with E-state index >= 15 is 0 Å². The molecule has 1 atom stereocenters. The van der Waals surface area contributed by atoms with Crippen molar-refractivity contribution in [3.8, 4) is 0 Å². The highest BCUT2D eigenvalue weighted by Gasteiger charge is 2.35. The van der Waals surface area contributed by atoms with Crippen LogP contribution in [0.4, 0.5) is 4.39 Å². The van der Waals surface area contributed by atoms with Gasteiger partial charge in [-0.05, 0) is 36.1 Å². The topological polar surface area (TPSA) is 75.4 Å². The molecule has 2 rings (SSSR count). The van der Waals surface area contributed by atoms with Crippen LogP contribution in [0.3, 0.4) is 0 Å². The van der Waals surface area contributed by atoms with Crippen molar-refractivity contribution >= 4 is 24.2 Å². The fourth-order valence-corrected chi connectivity index (χ4v) is 2.73. The Morgan fingerprint density at radius 1 is 1.33 bits per heavy atom. The minimum Gasteiger partial charge on any atom is -0.352 e. The van der Waals surface area contributed by atoms with E-state index in [4.69, 9.17) is 5.73 Å². The number of nitrogens with one attached hydrogen (secondary N) is 1. The first-order valence-corrected chi connectivity index (χ1v) is 7.87. The van der Waals surface area contributed by atoms with Crippen molar-refractivity contribution in [3.05, 3.63) is 35.6 Å². The van der Waals surface area contributed by atoms with Crippen molar-refractivity contribution in [2.24, 2.45) is 11.1 Å². The first-order chi connectivity index (χ1) is 10.8. The van der Waals surface area contributed by atoms with Gasteiger partial charge in [-0.3, -0.25) is 9.59 Å². The SMILES string of the molecule is CC1(C)CN(C(=O)CCNC(=O)c2ccc(F)cc2)CCC1N.Cl. The summed E-state index contributed by atoms with van der Waals surface area (Å²) in [5.41, 5.74) is 6.35. The predicted octanol–water partition coefficient (Wildman–Crippen LogP) is 1.95. The van der Waals surface area contributed by atoms with Gasteiger partial charge in [0.2, 0.25) is 5.91 Å². The van der Waals surface area contributed by atoms with Crippen LogP contribution in [-0.4, -0.2) is 42.4 Å². The molecule has 1 aromatic rings. The Morgan fingerprint density at radius 3 is 2.54 bits per heavy atom. The van der Waals surface area contributed by atoms with Gasteiger partial charge in [0.15, 0.2) is 0 Å². The molecule has 1 aromatic carbocycles. The number of carbonyl (C=O) groups excluding carboxylic acids is 2. The lowest BCUT2D eigenvalue weighted by molar-refractivity contribution is -0.134. The Balaban J connectivity index is 0.00000288. The molecule has 7 heteroatoms. The number of halogens is 2. The summed E-state index contributed by atoms with van der Waals surface area (Å²) in [5.74, 6) is -0.675. The summed E-state index contributed by atoms with van der Waals surface area (Å²) >= 11 is 0. The molecule has 0 bridgehead atoms. The predicted molar refractivity (Wildman–Crippen MR) is 93.6 cm³/mol. The largest absolute Gasteiger partial charge is 0.352 e. The average molecular weight is 358 g/mol. The van der Waals surface area contributed by atoms with E-state index in [0.29, 0.717) is 18.7 Å². The molecule has 1 aliphatic heterocycles. The summed E-state index contributed by atoms with van der Waals surface area (Å²) in [6, 6.07) is 5.41. The van der Waals surface area contributed by atoms with Gasteiger partial charge < -0.3 is 16.0 Å². The third kappa shape index (κ3) is 5.18. The van der Waals surface area contributed by atoms with Crippen LogP contribution in [0.15, 0.2) is 24.3 Å². The summed E-state index contributed by atoms with van der Waals surface area (Å²) in [5, 5.41) is 2.68. The molecule has 1 saturated heterocycles. The van der Waals surface area contributed by atoms with E-state index in [9.17, 15) is 14.0 Å². The zero-order chi connectivity index (χ0) is 17.0. The fraction of sp³-hybridized carbons (Fsp3) is 0.529. The molecule has 0 aliphatic carbocycles. The highest BCUT2D eigenvalue weighted by Crippen LogP contribution is 2.27. The second-order valence-electron chi connectivity index (χ2n) is 6.71. The van der Waals surface area contributed by atoms with Crippen LogP contribution < -0.4 is 11.1 Å². The zero-order valence-electron chi connectivity index (χ0n) is 14.0. The molecule has 0 saturated carbocycles. The van der Waals surface area contributed by atoms with E-state index in [1.54, 1.807) is 0 Å². The van der Waals surface area contributed by atoms with E-state index in [1.165, 1.54) is 24.3 Å². The van der Waals surface area contributed by atoms with E-state index in [0.717, 1.165) is 6.42 Å². The normalized spacial score (nSPS) is 19.3. The van der Waals surface area contributed by atoms with Gasteiger partial charge in [-0.1, -0.05) is 13.8 Å². The lowest BCUT2D eigenvalue weighted by atomic mass is 9.79. The molecule has 2 amide bonds. The van der Waals surface area contributed by atoms with Crippen LogP contribution in [0.2, 0.25) is 0 Å². The minimum absolute atomic E-state index is 0. The van der Waals surface area contributed by atoms with Gasteiger partial charge in [0.05, 0.1) is 0 Å².